The lowest BCUT2D eigenvalue weighted by molar-refractivity contribution is 0.0944. The molecule has 1 fully saturated rings. The van der Waals surface area contributed by atoms with Crippen LogP contribution in [0, 0.1) is 15.4 Å². The molecule has 1 aromatic carbocycles. The van der Waals surface area contributed by atoms with Gasteiger partial charge in [-0.15, -0.1) is 0 Å². The van der Waals surface area contributed by atoms with E-state index in [1.807, 2.05) is 18.2 Å². The van der Waals surface area contributed by atoms with Crippen molar-refractivity contribution in [2.45, 2.75) is 19.3 Å². The van der Waals surface area contributed by atoms with Crippen molar-refractivity contribution in [2.75, 3.05) is 11.9 Å². The van der Waals surface area contributed by atoms with Crippen LogP contribution >= 0.6 is 54.5 Å². The average molecular weight is 501 g/mol. The fraction of sp³-hybridized carbons (Fsp3) is 0.500. The summed E-state index contributed by atoms with van der Waals surface area (Å²) >= 11 is 9.19. The van der Waals surface area contributed by atoms with Gasteiger partial charge in [-0.2, -0.15) is 0 Å². The van der Waals surface area contributed by atoms with Crippen molar-refractivity contribution < 1.29 is 4.79 Å². The molecule has 1 aliphatic rings. The fourth-order valence-electron chi connectivity index (χ4n) is 2.58. The van der Waals surface area contributed by atoms with Crippen LogP contribution in [-0.4, -0.2) is 17.8 Å². The van der Waals surface area contributed by atoms with E-state index in [0.29, 0.717) is 11.8 Å². The zero-order valence-electron chi connectivity index (χ0n) is 10.5. The lowest BCUT2D eigenvalue weighted by Gasteiger charge is -2.18. The summed E-state index contributed by atoms with van der Waals surface area (Å²) in [7, 11) is 0. The molecule has 0 aliphatic heterocycles. The normalized spacial score (nSPS) is 22.5. The quantitative estimate of drug-likeness (QED) is 0.475. The highest BCUT2D eigenvalue weighted by atomic mass is 127. The Hall–Kier alpha value is 0.380. The molecule has 2 rings (SSSR count). The van der Waals surface area contributed by atoms with Crippen LogP contribution in [0.15, 0.2) is 22.7 Å². The van der Waals surface area contributed by atoms with Gasteiger partial charge >= 0.3 is 0 Å². The Bertz CT molecular complexity index is 467. The van der Waals surface area contributed by atoms with Crippen LogP contribution in [0.4, 0.5) is 0 Å². The summed E-state index contributed by atoms with van der Waals surface area (Å²) < 4.78 is 1.93. The minimum absolute atomic E-state index is 0.0333. The first kappa shape index (κ1) is 15.8. The van der Waals surface area contributed by atoms with E-state index in [1.54, 1.807) is 0 Å². The predicted molar refractivity (Wildman–Crippen MR) is 93.8 cm³/mol. The highest BCUT2D eigenvalue weighted by molar-refractivity contribution is 14.1. The minimum atomic E-state index is 0.0333. The van der Waals surface area contributed by atoms with E-state index < -0.39 is 0 Å². The molecule has 19 heavy (non-hydrogen) atoms. The number of carbonyl (C=O) groups excluding carboxylic acids is 1. The van der Waals surface area contributed by atoms with Crippen molar-refractivity contribution in [1.29, 1.82) is 0 Å². The highest BCUT2D eigenvalue weighted by Crippen LogP contribution is 2.32. The number of benzene rings is 1. The average Bonchev–Trinajstić information content (AvgIpc) is 2.86. The van der Waals surface area contributed by atoms with E-state index in [0.717, 1.165) is 25.5 Å². The third-order valence-corrected chi connectivity index (χ3v) is 5.98. The lowest BCUT2D eigenvalue weighted by atomic mass is 9.98. The Morgan fingerprint density at radius 2 is 2.11 bits per heavy atom. The maximum atomic E-state index is 12.2. The smallest absolute Gasteiger partial charge is 0.252 e. The van der Waals surface area contributed by atoms with E-state index in [-0.39, 0.29) is 5.91 Å². The largest absolute Gasteiger partial charge is 0.352 e. The number of amides is 1. The fourth-order valence-corrected chi connectivity index (χ4v) is 4.37. The second kappa shape index (κ2) is 7.41. The first-order chi connectivity index (χ1) is 9.11. The van der Waals surface area contributed by atoms with Crippen molar-refractivity contribution in [3.8, 4) is 0 Å². The Balaban J connectivity index is 1.96. The summed E-state index contributed by atoms with van der Waals surface area (Å²) in [6.45, 7) is 0.789. The molecule has 2 atom stereocenters. The Morgan fingerprint density at radius 3 is 2.84 bits per heavy atom. The van der Waals surface area contributed by atoms with Crippen LogP contribution in [0.5, 0.6) is 0 Å². The minimum Gasteiger partial charge on any atom is -0.352 e. The molecule has 1 saturated carbocycles. The molecule has 2 unspecified atom stereocenters. The zero-order chi connectivity index (χ0) is 13.8. The molecule has 2 nitrogen and oxygen atoms in total. The molecule has 5 heteroatoms. The Kier molecular flexibility index (Phi) is 6.14. The molecule has 1 amide bonds. The molecule has 104 valence electrons. The third kappa shape index (κ3) is 4.17. The van der Waals surface area contributed by atoms with Gasteiger partial charge in [-0.3, -0.25) is 4.79 Å². The van der Waals surface area contributed by atoms with E-state index >= 15 is 0 Å². The summed E-state index contributed by atoms with van der Waals surface area (Å²) in [5.41, 5.74) is 0.753. The summed E-state index contributed by atoms with van der Waals surface area (Å²) in [4.78, 5) is 12.2. The molecule has 0 aromatic heterocycles. The number of halogens is 3. The van der Waals surface area contributed by atoms with Gasteiger partial charge in [-0.1, -0.05) is 38.3 Å². The maximum absolute atomic E-state index is 12.2. The maximum Gasteiger partial charge on any atom is 0.252 e. The molecular formula is C14H16Br2INO. The second-order valence-corrected chi connectivity index (χ2v) is 7.66. The van der Waals surface area contributed by atoms with Crippen molar-refractivity contribution in [2.24, 2.45) is 11.8 Å². The molecule has 1 aliphatic carbocycles. The molecule has 1 aromatic rings. The Morgan fingerprint density at radius 1 is 1.37 bits per heavy atom. The first-order valence-corrected chi connectivity index (χ1v) is 9.40. The van der Waals surface area contributed by atoms with Crippen LogP contribution in [0.1, 0.15) is 29.6 Å². The van der Waals surface area contributed by atoms with Gasteiger partial charge < -0.3 is 5.32 Å². The molecule has 0 bridgehead atoms. The van der Waals surface area contributed by atoms with Crippen LogP contribution in [0.2, 0.25) is 0 Å². The second-order valence-electron chi connectivity index (χ2n) is 4.94. The van der Waals surface area contributed by atoms with Gasteiger partial charge in [0, 0.05) is 19.9 Å². The number of nitrogens with one attached hydrogen (secondary N) is 1. The van der Waals surface area contributed by atoms with Crippen LogP contribution in [0.25, 0.3) is 0 Å². The van der Waals surface area contributed by atoms with E-state index in [2.05, 4.69) is 59.8 Å². The summed E-state index contributed by atoms with van der Waals surface area (Å²) in [5, 5.41) is 4.13. The molecular weight excluding hydrogens is 485 g/mol. The van der Waals surface area contributed by atoms with Crippen molar-refractivity contribution >= 4 is 60.4 Å². The summed E-state index contributed by atoms with van der Waals surface area (Å²) in [5.74, 6) is 1.36. The molecule has 0 radical (unpaired) electrons. The standard InChI is InChI=1S/C14H16Br2INO/c15-7-9-2-1-3-10(9)8-18-14(19)12-6-11(16)4-5-13(12)17/h4-6,9-10H,1-3,7-8H2,(H,18,19). The predicted octanol–water partition coefficient (Wildman–Crippen LogP) is 4.59. The van der Waals surface area contributed by atoms with Crippen LogP contribution in [0.3, 0.4) is 0 Å². The number of alkyl halides is 1. The van der Waals surface area contributed by atoms with Gasteiger partial charge in [-0.05, 0) is 65.5 Å². The monoisotopic (exact) mass is 499 g/mol. The Labute approximate surface area is 144 Å². The SMILES string of the molecule is O=C(NCC1CCCC1CBr)c1cc(Br)ccc1I. The van der Waals surface area contributed by atoms with Crippen molar-refractivity contribution in [1.82, 2.24) is 5.32 Å². The number of hydrogen-bond acceptors (Lipinski definition) is 1. The molecule has 0 heterocycles. The first-order valence-electron chi connectivity index (χ1n) is 6.41. The number of rotatable bonds is 4. The van der Waals surface area contributed by atoms with E-state index in [4.69, 9.17) is 0 Å². The number of hydrogen-bond donors (Lipinski definition) is 1. The summed E-state index contributed by atoms with van der Waals surface area (Å²) in [6.07, 6.45) is 3.79. The van der Waals surface area contributed by atoms with Gasteiger partial charge in [0.1, 0.15) is 0 Å². The highest BCUT2D eigenvalue weighted by Gasteiger charge is 2.26. The number of carbonyl (C=O) groups is 1. The molecule has 0 saturated heterocycles. The van der Waals surface area contributed by atoms with Gasteiger partial charge in [0.25, 0.3) is 5.91 Å². The molecule has 1 N–H and O–H groups in total. The summed E-state index contributed by atoms with van der Waals surface area (Å²) in [6, 6.07) is 5.79. The van der Waals surface area contributed by atoms with E-state index in [1.165, 1.54) is 19.3 Å². The van der Waals surface area contributed by atoms with Gasteiger partial charge in [0.05, 0.1) is 5.56 Å². The zero-order valence-corrected chi connectivity index (χ0v) is 15.8. The third-order valence-electron chi connectivity index (χ3n) is 3.71. The van der Waals surface area contributed by atoms with Gasteiger partial charge in [0.2, 0.25) is 0 Å². The van der Waals surface area contributed by atoms with Crippen molar-refractivity contribution in [3.63, 3.8) is 0 Å². The van der Waals surface area contributed by atoms with Crippen LogP contribution in [-0.2, 0) is 0 Å². The topological polar surface area (TPSA) is 29.1 Å². The lowest BCUT2D eigenvalue weighted by Crippen LogP contribution is -2.31. The van der Waals surface area contributed by atoms with Crippen molar-refractivity contribution in [3.05, 3.63) is 31.8 Å². The van der Waals surface area contributed by atoms with E-state index in [9.17, 15) is 4.79 Å². The van der Waals surface area contributed by atoms with Crippen LogP contribution < -0.4 is 5.32 Å². The van der Waals surface area contributed by atoms with Gasteiger partial charge in [-0.25, -0.2) is 0 Å². The molecule has 0 spiro atoms. The van der Waals surface area contributed by atoms with Gasteiger partial charge in [0.15, 0.2) is 0 Å².